The molecule has 1 aromatic carbocycles. The summed E-state index contributed by atoms with van der Waals surface area (Å²) in [6.45, 7) is 0.916. The van der Waals surface area contributed by atoms with Crippen LogP contribution >= 0.6 is 0 Å². The summed E-state index contributed by atoms with van der Waals surface area (Å²) in [4.78, 5) is 0. The minimum Gasteiger partial charge on any atom is -0.395 e. The summed E-state index contributed by atoms with van der Waals surface area (Å²) in [6.07, 6.45) is 8.52. The van der Waals surface area contributed by atoms with Crippen LogP contribution in [0.15, 0.2) is 30.3 Å². The van der Waals surface area contributed by atoms with E-state index in [4.69, 9.17) is 0 Å². The van der Waals surface area contributed by atoms with Crippen molar-refractivity contribution in [2.45, 2.75) is 57.0 Å². The fourth-order valence-electron chi connectivity index (χ4n) is 3.50. The Kier molecular flexibility index (Phi) is 8.61. The largest absolute Gasteiger partial charge is 0.395 e. The first-order chi connectivity index (χ1) is 11.3. The fraction of sp³-hybridized carbons (Fsp3) is 0.684. The summed E-state index contributed by atoms with van der Waals surface area (Å²) in [5.74, 6) is 0.756. The molecule has 1 aliphatic rings. The van der Waals surface area contributed by atoms with E-state index in [-0.39, 0.29) is 25.3 Å². The predicted molar refractivity (Wildman–Crippen MR) is 94.2 cm³/mol. The molecule has 0 radical (unpaired) electrons. The van der Waals surface area contributed by atoms with Gasteiger partial charge in [0, 0.05) is 18.8 Å². The standard InChI is InChI=1S/C19H32N2O2/c22-13-18(11-16-7-3-1-4-8-16)20-15-21-19(14-23)12-17-9-5-2-6-10-17/h1,3-4,7-8,17-23H,2,5-6,9-15H2. The zero-order chi connectivity index (χ0) is 16.3. The molecule has 4 N–H and O–H groups in total. The number of nitrogens with one attached hydrogen (secondary N) is 2. The van der Waals surface area contributed by atoms with Gasteiger partial charge in [0.1, 0.15) is 0 Å². The van der Waals surface area contributed by atoms with E-state index in [1.54, 1.807) is 0 Å². The summed E-state index contributed by atoms with van der Waals surface area (Å²) in [6, 6.07) is 10.4. The molecule has 0 aromatic heterocycles. The first-order valence-corrected chi connectivity index (χ1v) is 9.04. The highest BCUT2D eigenvalue weighted by Gasteiger charge is 2.18. The maximum absolute atomic E-state index is 9.57. The van der Waals surface area contributed by atoms with Crippen LogP contribution in [0.2, 0.25) is 0 Å². The Morgan fingerprint density at radius 3 is 2.22 bits per heavy atom. The first-order valence-electron chi connectivity index (χ1n) is 9.04. The zero-order valence-electron chi connectivity index (χ0n) is 14.1. The Bertz CT molecular complexity index is 407. The Labute approximate surface area is 140 Å². The Morgan fingerprint density at radius 2 is 1.57 bits per heavy atom. The van der Waals surface area contributed by atoms with Crippen molar-refractivity contribution in [3.8, 4) is 0 Å². The first kappa shape index (κ1) is 18.4. The van der Waals surface area contributed by atoms with Gasteiger partial charge in [-0.3, -0.25) is 10.6 Å². The third-order valence-electron chi connectivity index (χ3n) is 4.89. The normalized spacial score (nSPS) is 18.7. The molecule has 23 heavy (non-hydrogen) atoms. The fourth-order valence-corrected chi connectivity index (χ4v) is 3.50. The molecule has 2 unspecified atom stereocenters. The van der Waals surface area contributed by atoms with E-state index >= 15 is 0 Å². The van der Waals surface area contributed by atoms with Crippen molar-refractivity contribution in [1.29, 1.82) is 0 Å². The third-order valence-corrected chi connectivity index (χ3v) is 4.89. The van der Waals surface area contributed by atoms with Crippen molar-refractivity contribution in [2.24, 2.45) is 5.92 Å². The van der Waals surface area contributed by atoms with Crippen LogP contribution in [0.5, 0.6) is 0 Å². The van der Waals surface area contributed by atoms with Crippen molar-refractivity contribution in [3.05, 3.63) is 35.9 Å². The Hall–Kier alpha value is -0.940. The van der Waals surface area contributed by atoms with Crippen LogP contribution in [0.1, 0.15) is 44.1 Å². The van der Waals surface area contributed by atoms with E-state index in [0.717, 1.165) is 18.8 Å². The maximum atomic E-state index is 9.57. The van der Waals surface area contributed by atoms with Crippen LogP contribution in [-0.2, 0) is 6.42 Å². The molecule has 0 bridgehead atoms. The molecule has 2 rings (SSSR count). The van der Waals surface area contributed by atoms with E-state index in [1.807, 2.05) is 18.2 Å². The van der Waals surface area contributed by atoms with Crippen LogP contribution in [0.3, 0.4) is 0 Å². The number of aliphatic hydroxyl groups is 2. The van der Waals surface area contributed by atoms with Gasteiger partial charge in [-0.05, 0) is 24.3 Å². The quantitative estimate of drug-likeness (QED) is 0.498. The van der Waals surface area contributed by atoms with Gasteiger partial charge in [0.25, 0.3) is 0 Å². The molecule has 0 heterocycles. The van der Waals surface area contributed by atoms with Gasteiger partial charge in [0.05, 0.1) is 13.2 Å². The second-order valence-corrected chi connectivity index (χ2v) is 6.77. The molecule has 2 atom stereocenters. The van der Waals surface area contributed by atoms with E-state index in [0.29, 0.717) is 6.67 Å². The van der Waals surface area contributed by atoms with Crippen molar-refractivity contribution < 1.29 is 10.2 Å². The van der Waals surface area contributed by atoms with Crippen LogP contribution in [0.4, 0.5) is 0 Å². The molecule has 1 aromatic rings. The molecule has 0 aliphatic heterocycles. The minimum atomic E-state index is 0.0407. The van der Waals surface area contributed by atoms with E-state index < -0.39 is 0 Å². The number of rotatable bonds is 10. The van der Waals surface area contributed by atoms with E-state index in [1.165, 1.54) is 37.7 Å². The molecule has 1 aliphatic carbocycles. The van der Waals surface area contributed by atoms with Crippen molar-refractivity contribution in [1.82, 2.24) is 10.6 Å². The van der Waals surface area contributed by atoms with Crippen molar-refractivity contribution >= 4 is 0 Å². The van der Waals surface area contributed by atoms with Crippen molar-refractivity contribution in [2.75, 3.05) is 19.9 Å². The minimum absolute atomic E-state index is 0.0407. The highest BCUT2D eigenvalue weighted by atomic mass is 16.3. The van der Waals surface area contributed by atoms with Gasteiger partial charge in [-0.1, -0.05) is 62.4 Å². The molecular weight excluding hydrogens is 288 g/mol. The van der Waals surface area contributed by atoms with Crippen molar-refractivity contribution in [3.63, 3.8) is 0 Å². The second-order valence-electron chi connectivity index (χ2n) is 6.77. The Morgan fingerprint density at radius 1 is 0.913 bits per heavy atom. The summed E-state index contributed by atoms with van der Waals surface area (Å²) < 4.78 is 0. The maximum Gasteiger partial charge on any atom is 0.0588 e. The molecule has 0 saturated heterocycles. The van der Waals surface area contributed by atoms with Gasteiger partial charge in [-0.2, -0.15) is 0 Å². The topological polar surface area (TPSA) is 64.5 Å². The third kappa shape index (κ3) is 7.00. The average Bonchev–Trinajstić information content (AvgIpc) is 2.61. The van der Waals surface area contributed by atoms with Gasteiger partial charge >= 0.3 is 0 Å². The summed E-state index contributed by atoms with van der Waals surface area (Å²) in [5.41, 5.74) is 1.22. The lowest BCUT2D eigenvalue weighted by atomic mass is 9.85. The van der Waals surface area contributed by atoms with Gasteiger partial charge in [0.2, 0.25) is 0 Å². The van der Waals surface area contributed by atoms with Gasteiger partial charge in [0.15, 0.2) is 0 Å². The SMILES string of the molecule is OCC(Cc1ccccc1)NCNC(CO)CC1CCCCC1. The van der Waals surface area contributed by atoms with E-state index in [9.17, 15) is 10.2 Å². The van der Waals surface area contributed by atoms with E-state index in [2.05, 4.69) is 22.8 Å². The zero-order valence-corrected chi connectivity index (χ0v) is 14.1. The van der Waals surface area contributed by atoms with Gasteiger partial charge < -0.3 is 10.2 Å². The highest BCUT2D eigenvalue weighted by Crippen LogP contribution is 2.27. The van der Waals surface area contributed by atoms with Gasteiger partial charge in [-0.25, -0.2) is 0 Å². The summed E-state index contributed by atoms with van der Waals surface area (Å²) >= 11 is 0. The molecular formula is C19H32N2O2. The summed E-state index contributed by atoms with van der Waals surface area (Å²) in [5, 5.41) is 25.8. The predicted octanol–water partition coefficient (Wildman–Crippen LogP) is 2.06. The molecule has 1 saturated carbocycles. The van der Waals surface area contributed by atoms with Crippen LogP contribution < -0.4 is 10.6 Å². The lowest BCUT2D eigenvalue weighted by Crippen LogP contribution is -2.45. The smallest absolute Gasteiger partial charge is 0.0588 e. The lowest BCUT2D eigenvalue weighted by molar-refractivity contribution is 0.194. The molecule has 4 nitrogen and oxygen atoms in total. The molecule has 4 heteroatoms. The molecule has 130 valence electrons. The second kappa shape index (κ2) is 10.8. The van der Waals surface area contributed by atoms with Crippen LogP contribution in [-0.4, -0.2) is 42.2 Å². The lowest BCUT2D eigenvalue weighted by Gasteiger charge is -2.27. The summed E-state index contributed by atoms with van der Waals surface area (Å²) in [7, 11) is 0. The number of benzene rings is 1. The number of aliphatic hydroxyl groups excluding tert-OH is 2. The van der Waals surface area contributed by atoms with Crippen LogP contribution in [0, 0.1) is 5.92 Å². The Balaban J connectivity index is 1.68. The number of hydrogen-bond acceptors (Lipinski definition) is 4. The van der Waals surface area contributed by atoms with Crippen LogP contribution in [0.25, 0.3) is 0 Å². The molecule has 0 spiro atoms. The monoisotopic (exact) mass is 320 g/mol. The van der Waals surface area contributed by atoms with Gasteiger partial charge in [-0.15, -0.1) is 0 Å². The molecule has 0 amide bonds. The number of hydrogen-bond donors (Lipinski definition) is 4. The highest BCUT2D eigenvalue weighted by molar-refractivity contribution is 5.15. The molecule has 1 fully saturated rings. The average molecular weight is 320 g/mol.